The van der Waals surface area contributed by atoms with Crippen LogP contribution in [0.4, 0.5) is 0 Å². The highest BCUT2D eigenvalue weighted by Crippen LogP contribution is 2.45. The maximum Gasteiger partial charge on any atom is 0.123 e. The third-order valence-corrected chi connectivity index (χ3v) is 12.7. The Kier molecular flexibility index (Phi) is 7.47. The second kappa shape index (κ2) is 11.7. The summed E-state index contributed by atoms with van der Waals surface area (Å²) >= 11 is 3.56. The molecule has 5 heterocycles. The molecule has 1 N–H and O–H groups in total. The first-order valence-electron chi connectivity index (χ1n) is 17.9. The molecule has 4 aliphatic heterocycles. The van der Waals surface area contributed by atoms with Gasteiger partial charge in [-0.1, -0.05) is 40.9 Å². The van der Waals surface area contributed by atoms with Crippen LogP contribution in [0.2, 0.25) is 0 Å². The van der Waals surface area contributed by atoms with Crippen molar-refractivity contribution in [2.75, 3.05) is 26.2 Å². The van der Waals surface area contributed by atoms with E-state index in [1.165, 1.54) is 128 Å². The Morgan fingerprint density at radius 1 is 0.630 bits per heavy atom. The summed E-state index contributed by atoms with van der Waals surface area (Å²) in [5.74, 6) is 2.22. The van der Waals surface area contributed by atoms with Gasteiger partial charge in [0.2, 0.25) is 0 Å². The van der Waals surface area contributed by atoms with Crippen molar-refractivity contribution in [2.45, 2.75) is 100 Å². The number of ether oxygens (including phenoxy) is 2. The van der Waals surface area contributed by atoms with Gasteiger partial charge in [-0.25, -0.2) is 0 Å². The quantitative estimate of drug-likeness (QED) is 0.235. The number of nitrogens with one attached hydrogen (secondary N) is 1. The highest BCUT2D eigenvalue weighted by Gasteiger charge is 2.45. The largest absolute Gasteiger partial charge is 0.487 e. The van der Waals surface area contributed by atoms with Crippen LogP contribution in [0.5, 0.6) is 11.5 Å². The van der Waals surface area contributed by atoms with E-state index in [4.69, 9.17) is 9.47 Å². The Balaban J connectivity index is 0.000000135. The molecule has 4 fully saturated rings. The number of aromatic nitrogens is 1. The van der Waals surface area contributed by atoms with Crippen LogP contribution in [0.3, 0.4) is 0 Å². The number of likely N-dealkylation sites (tertiary alicyclic amines) is 2. The molecule has 4 aromatic rings. The SMILES string of the molecule is Brc1ccc2c(c1)CC1(CCN(C3CCC3)CC1)O2.c1cc2cc(-c3ccc4c(c3)CC3(CCN(C5CCC5)CC3)O4)ccc2[nH]1. The van der Waals surface area contributed by atoms with E-state index in [0.717, 1.165) is 36.4 Å². The Morgan fingerprint density at radius 2 is 1.17 bits per heavy atom. The van der Waals surface area contributed by atoms with E-state index in [1.54, 1.807) is 0 Å². The molecule has 0 radical (unpaired) electrons. The van der Waals surface area contributed by atoms with Gasteiger partial charge in [0.15, 0.2) is 0 Å². The molecule has 240 valence electrons. The molecular formula is C40H46BrN3O2. The average Bonchev–Trinajstić information content (AvgIpc) is 3.72. The molecule has 2 saturated carbocycles. The molecule has 0 bridgehead atoms. The Labute approximate surface area is 281 Å². The van der Waals surface area contributed by atoms with Crippen molar-refractivity contribution >= 4 is 26.8 Å². The summed E-state index contributed by atoms with van der Waals surface area (Å²) in [4.78, 5) is 8.67. The van der Waals surface area contributed by atoms with Crippen molar-refractivity contribution in [1.82, 2.24) is 14.8 Å². The third-order valence-electron chi connectivity index (χ3n) is 12.2. The van der Waals surface area contributed by atoms with Crippen molar-refractivity contribution in [1.29, 1.82) is 0 Å². The van der Waals surface area contributed by atoms with E-state index in [1.807, 2.05) is 6.20 Å². The molecule has 2 saturated heterocycles. The van der Waals surface area contributed by atoms with Gasteiger partial charge in [-0.15, -0.1) is 0 Å². The Hall–Kier alpha value is -2.80. The summed E-state index contributed by atoms with van der Waals surface area (Å²) in [6.07, 6.45) is 17.4. The van der Waals surface area contributed by atoms with Crippen molar-refractivity contribution in [3.05, 3.63) is 82.5 Å². The lowest BCUT2D eigenvalue weighted by molar-refractivity contribution is -0.00769. The minimum absolute atomic E-state index is 0.0474. The normalized spacial score (nSPS) is 23.6. The molecule has 3 aromatic carbocycles. The summed E-state index contributed by atoms with van der Waals surface area (Å²) in [7, 11) is 0. The monoisotopic (exact) mass is 679 g/mol. The lowest BCUT2D eigenvalue weighted by Gasteiger charge is -2.45. The fraction of sp³-hybridized carbons (Fsp3) is 0.500. The number of halogens is 1. The number of piperidine rings is 2. The second-order valence-corrected chi connectivity index (χ2v) is 15.9. The number of nitrogens with zero attached hydrogens (tertiary/aromatic N) is 2. The van der Waals surface area contributed by atoms with Gasteiger partial charge in [0.25, 0.3) is 0 Å². The van der Waals surface area contributed by atoms with Gasteiger partial charge in [-0.3, -0.25) is 0 Å². The molecule has 1 aromatic heterocycles. The van der Waals surface area contributed by atoms with Gasteiger partial charge in [0, 0.05) is 93.0 Å². The molecule has 0 amide bonds. The lowest BCUT2D eigenvalue weighted by atomic mass is 9.83. The smallest absolute Gasteiger partial charge is 0.123 e. The molecule has 6 heteroatoms. The molecule has 2 aliphatic carbocycles. The first-order valence-corrected chi connectivity index (χ1v) is 18.7. The van der Waals surface area contributed by atoms with Crippen LogP contribution >= 0.6 is 15.9 Å². The predicted octanol–water partition coefficient (Wildman–Crippen LogP) is 8.93. The fourth-order valence-electron chi connectivity index (χ4n) is 8.90. The van der Waals surface area contributed by atoms with Crippen molar-refractivity contribution < 1.29 is 9.47 Å². The van der Waals surface area contributed by atoms with Crippen LogP contribution < -0.4 is 9.47 Å². The summed E-state index contributed by atoms with van der Waals surface area (Å²) in [5, 5.41) is 1.27. The van der Waals surface area contributed by atoms with Crippen LogP contribution in [-0.4, -0.2) is 64.2 Å². The molecule has 6 aliphatic rings. The zero-order valence-electron chi connectivity index (χ0n) is 26.9. The van der Waals surface area contributed by atoms with Gasteiger partial charge < -0.3 is 24.3 Å². The van der Waals surface area contributed by atoms with Gasteiger partial charge in [0.05, 0.1) is 0 Å². The topological polar surface area (TPSA) is 40.7 Å². The predicted molar refractivity (Wildman–Crippen MR) is 189 cm³/mol. The van der Waals surface area contributed by atoms with Crippen LogP contribution in [0, 0.1) is 0 Å². The number of benzene rings is 3. The minimum Gasteiger partial charge on any atom is -0.487 e. The summed E-state index contributed by atoms with van der Waals surface area (Å²) < 4.78 is 14.0. The molecule has 0 atom stereocenters. The van der Waals surface area contributed by atoms with E-state index < -0.39 is 0 Å². The number of fused-ring (bicyclic) bond motifs is 3. The lowest BCUT2D eigenvalue weighted by Crippen LogP contribution is -2.52. The van der Waals surface area contributed by atoms with Gasteiger partial charge >= 0.3 is 0 Å². The number of hydrogen-bond donors (Lipinski definition) is 1. The molecule has 10 rings (SSSR count). The summed E-state index contributed by atoms with van der Waals surface area (Å²) in [6.45, 7) is 4.85. The van der Waals surface area contributed by atoms with Gasteiger partial charge in [-0.05, 0) is 102 Å². The van der Waals surface area contributed by atoms with Crippen LogP contribution in [-0.2, 0) is 12.8 Å². The maximum absolute atomic E-state index is 6.53. The maximum atomic E-state index is 6.53. The number of H-pyrrole nitrogens is 1. The minimum atomic E-state index is 0.0474. The van der Waals surface area contributed by atoms with Gasteiger partial charge in [-0.2, -0.15) is 0 Å². The number of hydrogen-bond acceptors (Lipinski definition) is 4. The zero-order chi connectivity index (χ0) is 30.7. The van der Waals surface area contributed by atoms with E-state index in [2.05, 4.69) is 91.4 Å². The average molecular weight is 681 g/mol. The number of aromatic amines is 1. The zero-order valence-corrected chi connectivity index (χ0v) is 28.5. The van der Waals surface area contributed by atoms with Gasteiger partial charge in [0.1, 0.15) is 22.7 Å². The molecule has 2 spiro atoms. The highest BCUT2D eigenvalue weighted by atomic mass is 79.9. The standard InChI is InChI=1S/C24H26N2O.C16H20BrNO/c1-2-21(3-1)26-12-9-24(10-13-26)16-20-15-18(5-7-23(20)27-24)17-4-6-22-19(14-17)8-11-25-22;17-13-4-5-15-12(10-13)11-16(19-15)6-8-18(9-7-16)14-2-1-3-14/h4-8,11,14-15,21,25H,1-3,9-10,12-13,16H2;4-5,10,14H,1-3,6-9,11H2. The summed E-state index contributed by atoms with van der Waals surface area (Å²) in [6, 6.07) is 23.7. The van der Waals surface area contributed by atoms with Crippen molar-refractivity contribution in [3.63, 3.8) is 0 Å². The van der Waals surface area contributed by atoms with Crippen LogP contribution in [0.1, 0.15) is 75.3 Å². The Morgan fingerprint density at radius 3 is 1.76 bits per heavy atom. The second-order valence-electron chi connectivity index (χ2n) is 15.0. The molecule has 0 unspecified atom stereocenters. The fourth-order valence-corrected chi connectivity index (χ4v) is 9.31. The van der Waals surface area contributed by atoms with E-state index in [-0.39, 0.29) is 11.2 Å². The van der Waals surface area contributed by atoms with E-state index in [0.29, 0.717) is 0 Å². The summed E-state index contributed by atoms with van der Waals surface area (Å²) in [5.41, 5.74) is 6.69. The molecule has 46 heavy (non-hydrogen) atoms. The van der Waals surface area contributed by atoms with Crippen molar-refractivity contribution in [3.8, 4) is 22.6 Å². The highest BCUT2D eigenvalue weighted by molar-refractivity contribution is 9.10. The number of rotatable bonds is 3. The van der Waals surface area contributed by atoms with Crippen LogP contribution in [0.15, 0.2) is 71.3 Å². The first-order chi connectivity index (χ1) is 22.5. The van der Waals surface area contributed by atoms with Crippen molar-refractivity contribution in [2.24, 2.45) is 0 Å². The third kappa shape index (κ3) is 5.48. The first kappa shape index (κ1) is 29.3. The van der Waals surface area contributed by atoms with E-state index >= 15 is 0 Å². The van der Waals surface area contributed by atoms with E-state index in [9.17, 15) is 0 Å². The molecule has 5 nitrogen and oxygen atoms in total. The Bertz CT molecular complexity index is 1720. The molecular weight excluding hydrogens is 634 g/mol. The van der Waals surface area contributed by atoms with Crippen LogP contribution in [0.25, 0.3) is 22.0 Å².